The quantitative estimate of drug-likeness (QED) is 0.232. The van der Waals surface area contributed by atoms with E-state index in [1.54, 1.807) is 6.92 Å². The van der Waals surface area contributed by atoms with Gasteiger partial charge in [0.05, 0.1) is 29.3 Å². The van der Waals surface area contributed by atoms with Gasteiger partial charge in [0.15, 0.2) is 0 Å². The Morgan fingerprint density at radius 2 is 2.00 bits per heavy atom. The average Bonchev–Trinajstić information content (AvgIpc) is 2.54. The number of hydrogen-bond acceptors (Lipinski definition) is 5. The lowest BCUT2D eigenvalue weighted by Gasteiger charge is -2.13. The number of carbonyl (C=O) groups is 1. The molecule has 0 aliphatic heterocycles. The second-order valence-electron chi connectivity index (χ2n) is 5.50. The first kappa shape index (κ1) is 21.2. The van der Waals surface area contributed by atoms with Crippen LogP contribution in [0.25, 0.3) is 5.76 Å². The standard InChI is InChI=1S/C17H20BrF2NO4/c1-4-25-17(24)11(7-21-15(8-22)9(2)3)16(23)10-5-12(18)14(20)6-13(10)19/h5-7,9,15,22-23H,4,8H2,1-3H3/b16-11-,21-7?/t15-/m1/s1. The largest absolute Gasteiger partial charge is 0.506 e. The summed E-state index contributed by atoms with van der Waals surface area (Å²) in [6.07, 6.45) is 1.03. The smallest absolute Gasteiger partial charge is 0.343 e. The normalized spacial score (nSPS) is 13.9. The van der Waals surface area contributed by atoms with Gasteiger partial charge in [-0.3, -0.25) is 4.99 Å². The Kier molecular flexibility index (Phi) is 8.18. The Morgan fingerprint density at radius 1 is 1.36 bits per heavy atom. The van der Waals surface area contributed by atoms with E-state index in [1.807, 2.05) is 13.8 Å². The Labute approximate surface area is 153 Å². The lowest BCUT2D eigenvalue weighted by Crippen LogP contribution is -2.19. The molecule has 2 N–H and O–H groups in total. The molecular weight excluding hydrogens is 400 g/mol. The average molecular weight is 420 g/mol. The van der Waals surface area contributed by atoms with Gasteiger partial charge < -0.3 is 14.9 Å². The lowest BCUT2D eigenvalue weighted by atomic mass is 10.1. The van der Waals surface area contributed by atoms with Crippen LogP contribution < -0.4 is 0 Å². The molecule has 0 radical (unpaired) electrons. The van der Waals surface area contributed by atoms with E-state index in [4.69, 9.17) is 4.74 Å². The summed E-state index contributed by atoms with van der Waals surface area (Å²) in [4.78, 5) is 16.1. The van der Waals surface area contributed by atoms with Crippen molar-refractivity contribution in [3.8, 4) is 0 Å². The monoisotopic (exact) mass is 419 g/mol. The molecule has 0 bridgehead atoms. The van der Waals surface area contributed by atoms with E-state index < -0.39 is 35.0 Å². The zero-order valence-electron chi connectivity index (χ0n) is 14.1. The molecule has 0 unspecified atom stereocenters. The predicted octanol–water partition coefficient (Wildman–Crippen LogP) is 3.65. The minimum Gasteiger partial charge on any atom is -0.506 e. The van der Waals surface area contributed by atoms with Crippen LogP contribution >= 0.6 is 15.9 Å². The third-order valence-corrected chi connectivity index (χ3v) is 3.97. The highest BCUT2D eigenvalue weighted by molar-refractivity contribution is 9.10. The van der Waals surface area contributed by atoms with Crippen LogP contribution in [-0.2, 0) is 9.53 Å². The maximum atomic E-state index is 14.0. The Morgan fingerprint density at radius 3 is 2.52 bits per heavy atom. The van der Waals surface area contributed by atoms with Gasteiger partial charge in [0, 0.05) is 12.3 Å². The molecular formula is C17H20BrF2NO4. The van der Waals surface area contributed by atoms with Crippen molar-refractivity contribution < 1.29 is 28.5 Å². The number of aliphatic hydroxyl groups is 2. The van der Waals surface area contributed by atoms with E-state index in [1.165, 1.54) is 0 Å². The molecule has 0 aliphatic carbocycles. The van der Waals surface area contributed by atoms with Crippen LogP contribution in [0, 0.1) is 17.6 Å². The van der Waals surface area contributed by atoms with Crippen LogP contribution in [0.2, 0.25) is 0 Å². The van der Waals surface area contributed by atoms with Gasteiger partial charge in [0.2, 0.25) is 0 Å². The summed E-state index contributed by atoms with van der Waals surface area (Å²) in [6, 6.07) is 1.08. The molecule has 25 heavy (non-hydrogen) atoms. The number of carbonyl (C=O) groups excluding carboxylic acids is 1. The van der Waals surface area contributed by atoms with Crippen molar-refractivity contribution in [2.24, 2.45) is 10.9 Å². The minimum atomic E-state index is -1.05. The number of esters is 1. The number of halogens is 3. The fraction of sp³-hybridized carbons (Fsp3) is 0.412. The first-order valence-corrected chi connectivity index (χ1v) is 8.41. The maximum absolute atomic E-state index is 14.0. The van der Waals surface area contributed by atoms with Gasteiger partial charge in [-0.1, -0.05) is 13.8 Å². The number of benzene rings is 1. The molecule has 1 aromatic rings. The third-order valence-electron chi connectivity index (χ3n) is 3.37. The van der Waals surface area contributed by atoms with Crippen LogP contribution in [0.4, 0.5) is 8.78 Å². The van der Waals surface area contributed by atoms with E-state index in [2.05, 4.69) is 20.9 Å². The summed E-state index contributed by atoms with van der Waals surface area (Å²) < 4.78 is 32.1. The first-order chi connectivity index (χ1) is 11.7. The van der Waals surface area contributed by atoms with Gasteiger partial charge in [-0.2, -0.15) is 0 Å². The minimum absolute atomic E-state index is 0.0245. The van der Waals surface area contributed by atoms with E-state index in [0.29, 0.717) is 6.07 Å². The molecule has 0 aliphatic rings. The molecule has 0 heterocycles. The summed E-state index contributed by atoms with van der Waals surface area (Å²) in [5.74, 6) is -3.56. The van der Waals surface area contributed by atoms with E-state index in [0.717, 1.165) is 12.3 Å². The maximum Gasteiger partial charge on any atom is 0.343 e. The number of hydrogen-bond donors (Lipinski definition) is 2. The number of aliphatic imine (C=N–C) groups is 1. The van der Waals surface area contributed by atoms with Gasteiger partial charge in [-0.25, -0.2) is 13.6 Å². The van der Waals surface area contributed by atoms with Crippen molar-refractivity contribution in [1.29, 1.82) is 0 Å². The van der Waals surface area contributed by atoms with Crippen molar-refractivity contribution in [1.82, 2.24) is 0 Å². The van der Waals surface area contributed by atoms with E-state index in [-0.39, 0.29) is 29.2 Å². The predicted molar refractivity (Wildman–Crippen MR) is 94.4 cm³/mol. The fourth-order valence-corrected chi connectivity index (χ4v) is 2.21. The number of rotatable bonds is 7. The molecule has 0 amide bonds. The topological polar surface area (TPSA) is 79.1 Å². The molecule has 5 nitrogen and oxygen atoms in total. The zero-order chi connectivity index (χ0) is 19.1. The van der Waals surface area contributed by atoms with Crippen LogP contribution in [0.1, 0.15) is 26.3 Å². The Bertz CT molecular complexity index is 689. The zero-order valence-corrected chi connectivity index (χ0v) is 15.7. The lowest BCUT2D eigenvalue weighted by molar-refractivity contribution is -0.137. The Hall–Kier alpha value is -1.80. The molecule has 0 saturated heterocycles. The summed E-state index contributed by atoms with van der Waals surface area (Å²) in [5, 5.41) is 19.6. The summed E-state index contributed by atoms with van der Waals surface area (Å²) in [5.41, 5.74) is -0.772. The number of aliphatic hydroxyl groups excluding tert-OH is 2. The number of nitrogens with zero attached hydrogens (tertiary/aromatic N) is 1. The SMILES string of the molecule is CCOC(=O)/C(C=N[C@H](CO)C(C)C)=C(\O)c1cc(Br)c(F)cc1F. The molecule has 0 spiro atoms. The van der Waals surface area contributed by atoms with Crippen molar-refractivity contribution in [3.63, 3.8) is 0 Å². The van der Waals surface area contributed by atoms with Crippen molar-refractivity contribution in [2.45, 2.75) is 26.8 Å². The van der Waals surface area contributed by atoms with Crippen molar-refractivity contribution in [3.05, 3.63) is 39.4 Å². The second kappa shape index (κ2) is 9.62. The van der Waals surface area contributed by atoms with Gasteiger partial charge in [0.25, 0.3) is 0 Å². The van der Waals surface area contributed by atoms with Crippen molar-refractivity contribution >= 4 is 33.9 Å². The van der Waals surface area contributed by atoms with Crippen LogP contribution in [0.5, 0.6) is 0 Å². The summed E-state index contributed by atoms with van der Waals surface area (Å²) in [7, 11) is 0. The van der Waals surface area contributed by atoms with Crippen molar-refractivity contribution in [2.75, 3.05) is 13.2 Å². The molecule has 0 fully saturated rings. The van der Waals surface area contributed by atoms with Crippen LogP contribution in [0.15, 0.2) is 27.2 Å². The van der Waals surface area contributed by atoms with Gasteiger partial charge in [-0.15, -0.1) is 0 Å². The molecule has 1 atom stereocenters. The van der Waals surface area contributed by atoms with Gasteiger partial charge in [0.1, 0.15) is 23.0 Å². The van der Waals surface area contributed by atoms with E-state index >= 15 is 0 Å². The fourth-order valence-electron chi connectivity index (χ4n) is 1.87. The first-order valence-electron chi connectivity index (χ1n) is 7.62. The Balaban J connectivity index is 3.44. The van der Waals surface area contributed by atoms with Gasteiger partial charge >= 0.3 is 5.97 Å². The summed E-state index contributed by atoms with van der Waals surface area (Å²) >= 11 is 2.90. The second-order valence-corrected chi connectivity index (χ2v) is 6.36. The molecule has 1 aromatic carbocycles. The molecule has 0 aromatic heterocycles. The van der Waals surface area contributed by atoms with Crippen LogP contribution in [0.3, 0.4) is 0 Å². The molecule has 8 heteroatoms. The van der Waals surface area contributed by atoms with E-state index in [9.17, 15) is 23.8 Å². The molecule has 1 rings (SSSR count). The highest BCUT2D eigenvalue weighted by Crippen LogP contribution is 2.26. The van der Waals surface area contributed by atoms with Gasteiger partial charge in [-0.05, 0) is 34.8 Å². The molecule has 0 saturated carbocycles. The van der Waals surface area contributed by atoms with Crippen LogP contribution in [-0.4, -0.2) is 41.7 Å². The highest BCUT2D eigenvalue weighted by atomic mass is 79.9. The summed E-state index contributed by atoms with van der Waals surface area (Å²) in [6.45, 7) is 4.99. The third kappa shape index (κ3) is 5.61. The number of ether oxygens (including phenoxy) is 1. The highest BCUT2D eigenvalue weighted by Gasteiger charge is 2.21. The molecule has 138 valence electrons.